The van der Waals surface area contributed by atoms with Gasteiger partial charge < -0.3 is 5.32 Å². The van der Waals surface area contributed by atoms with Gasteiger partial charge in [-0.1, -0.05) is 6.07 Å². The van der Waals surface area contributed by atoms with Gasteiger partial charge in [-0.25, -0.2) is 13.4 Å². The number of nitrogens with zero attached hydrogens (tertiary/aromatic N) is 2. The Morgan fingerprint density at radius 1 is 1.36 bits per heavy atom. The lowest BCUT2D eigenvalue weighted by Crippen LogP contribution is -2.25. The van der Waals surface area contributed by atoms with Crippen LogP contribution in [0.3, 0.4) is 0 Å². The number of pyridine rings is 1. The Hall–Kier alpha value is -1.80. The molecule has 0 aliphatic rings. The number of aromatic nitrogens is 2. The third kappa shape index (κ3) is 4.60. The molecule has 0 aliphatic heterocycles. The zero-order chi connectivity index (χ0) is 16.2. The number of hydrogen-bond donors (Lipinski definition) is 1. The van der Waals surface area contributed by atoms with Crippen molar-refractivity contribution >= 4 is 27.1 Å². The first-order valence-corrected chi connectivity index (χ1v) is 9.59. The van der Waals surface area contributed by atoms with Gasteiger partial charge in [0.2, 0.25) is 0 Å². The van der Waals surface area contributed by atoms with Crippen molar-refractivity contribution < 1.29 is 13.2 Å². The number of aryl methyl sites for hydroxylation is 1. The van der Waals surface area contributed by atoms with E-state index in [-0.39, 0.29) is 11.7 Å². The summed E-state index contributed by atoms with van der Waals surface area (Å²) in [6, 6.07) is 5.52. The molecule has 0 saturated heterocycles. The van der Waals surface area contributed by atoms with Gasteiger partial charge in [-0.05, 0) is 25.5 Å². The highest BCUT2D eigenvalue weighted by molar-refractivity contribution is 7.90. The Labute approximate surface area is 133 Å². The van der Waals surface area contributed by atoms with E-state index in [1.807, 2.05) is 18.2 Å². The van der Waals surface area contributed by atoms with E-state index < -0.39 is 9.84 Å². The number of carbonyl (C=O) groups excluding carboxylic acids is 1. The first-order valence-electron chi connectivity index (χ1n) is 6.71. The van der Waals surface area contributed by atoms with Crippen LogP contribution in [0.25, 0.3) is 10.7 Å². The molecule has 0 atom stereocenters. The maximum Gasteiger partial charge on any atom is 0.263 e. The molecule has 0 aromatic carbocycles. The van der Waals surface area contributed by atoms with Crippen LogP contribution in [0.15, 0.2) is 24.4 Å². The molecule has 118 valence electrons. The first kappa shape index (κ1) is 16.6. The minimum Gasteiger partial charge on any atom is -0.351 e. The summed E-state index contributed by atoms with van der Waals surface area (Å²) in [7, 11) is -3.00. The van der Waals surface area contributed by atoms with Crippen LogP contribution >= 0.6 is 11.3 Å². The molecule has 2 aromatic heterocycles. The van der Waals surface area contributed by atoms with E-state index in [0.29, 0.717) is 28.5 Å². The molecule has 0 spiro atoms. The Morgan fingerprint density at radius 2 is 2.14 bits per heavy atom. The van der Waals surface area contributed by atoms with E-state index >= 15 is 0 Å². The monoisotopic (exact) mass is 339 g/mol. The molecular weight excluding hydrogens is 322 g/mol. The summed E-state index contributed by atoms with van der Waals surface area (Å²) in [5.74, 6) is -0.167. The zero-order valence-corrected chi connectivity index (χ0v) is 14.0. The van der Waals surface area contributed by atoms with Gasteiger partial charge in [-0.15, -0.1) is 11.3 Å². The maximum atomic E-state index is 12.1. The maximum absolute atomic E-state index is 12.1. The number of amides is 1. The van der Waals surface area contributed by atoms with Crippen molar-refractivity contribution in [3.8, 4) is 10.7 Å². The first-order chi connectivity index (χ1) is 10.4. The standard InChI is InChI=1S/C14H17N3O3S2/c1-10-12(13(18)16-8-5-9-22(2,19)20)21-14(17-10)11-6-3-4-7-15-11/h3-4,6-7H,5,8-9H2,1-2H3,(H,16,18). The van der Waals surface area contributed by atoms with Crippen LogP contribution in [-0.4, -0.2) is 42.8 Å². The van der Waals surface area contributed by atoms with E-state index in [4.69, 9.17) is 0 Å². The van der Waals surface area contributed by atoms with Crippen molar-refractivity contribution in [2.24, 2.45) is 0 Å². The highest BCUT2D eigenvalue weighted by Gasteiger charge is 2.16. The Bertz CT molecular complexity index is 755. The van der Waals surface area contributed by atoms with Crippen molar-refractivity contribution in [2.75, 3.05) is 18.6 Å². The van der Waals surface area contributed by atoms with Crippen LogP contribution in [-0.2, 0) is 9.84 Å². The van der Waals surface area contributed by atoms with Gasteiger partial charge in [-0.2, -0.15) is 0 Å². The SMILES string of the molecule is Cc1nc(-c2ccccn2)sc1C(=O)NCCCS(C)(=O)=O. The number of rotatable bonds is 6. The van der Waals surface area contributed by atoms with Crippen molar-refractivity contribution in [2.45, 2.75) is 13.3 Å². The van der Waals surface area contributed by atoms with Crippen molar-refractivity contribution in [3.05, 3.63) is 35.0 Å². The summed E-state index contributed by atoms with van der Waals surface area (Å²) in [6.45, 7) is 2.09. The average molecular weight is 339 g/mol. The average Bonchev–Trinajstić information content (AvgIpc) is 2.85. The van der Waals surface area contributed by atoms with Crippen LogP contribution in [0.5, 0.6) is 0 Å². The minimum atomic E-state index is -3.00. The highest BCUT2D eigenvalue weighted by Crippen LogP contribution is 2.26. The number of carbonyl (C=O) groups is 1. The van der Waals surface area contributed by atoms with Crippen LogP contribution < -0.4 is 5.32 Å². The zero-order valence-electron chi connectivity index (χ0n) is 12.4. The van der Waals surface area contributed by atoms with E-state index in [0.717, 1.165) is 5.69 Å². The number of thiazole rings is 1. The third-order valence-electron chi connectivity index (χ3n) is 2.86. The van der Waals surface area contributed by atoms with Crippen LogP contribution in [0, 0.1) is 6.92 Å². The molecule has 0 fully saturated rings. The molecule has 22 heavy (non-hydrogen) atoms. The molecule has 1 amide bonds. The van der Waals surface area contributed by atoms with Gasteiger partial charge in [0.1, 0.15) is 19.7 Å². The van der Waals surface area contributed by atoms with Crippen LogP contribution in [0.2, 0.25) is 0 Å². The van der Waals surface area contributed by atoms with Crippen molar-refractivity contribution in [3.63, 3.8) is 0 Å². The molecule has 0 bridgehead atoms. The summed E-state index contributed by atoms with van der Waals surface area (Å²) < 4.78 is 22.1. The minimum absolute atomic E-state index is 0.0636. The fraction of sp³-hybridized carbons (Fsp3) is 0.357. The third-order valence-corrected chi connectivity index (χ3v) is 5.07. The van der Waals surface area contributed by atoms with Gasteiger partial charge in [-0.3, -0.25) is 9.78 Å². The lowest BCUT2D eigenvalue weighted by atomic mass is 10.3. The molecule has 0 radical (unpaired) electrons. The highest BCUT2D eigenvalue weighted by atomic mass is 32.2. The molecule has 0 aliphatic carbocycles. The molecule has 2 heterocycles. The topological polar surface area (TPSA) is 89.0 Å². The Kier molecular flexibility index (Phi) is 5.25. The Balaban J connectivity index is 2.00. The number of hydrogen-bond acceptors (Lipinski definition) is 6. The molecule has 1 N–H and O–H groups in total. The fourth-order valence-corrected chi connectivity index (χ4v) is 3.45. The smallest absolute Gasteiger partial charge is 0.263 e. The number of sulfone groups is 1. The second kappa shape index (κ2) is 6.97. The predicted octanol–water partition coefficient (Wildman–Crippen LogP) is 1.68. The van der Waals surface area contributed by atoms with E-state index in [1.165, 1.54) is 17.6 Å². The summed E-state index contributed by atoms with van der Waals surface area (Å²) in [6.07, 6.45) is 3.26. The van der Waals surface area contributed by atoms with Crippen molar-refractivity contribution in [1.82, 2.24) is 15.3 Å². The molecule has 0 unspecified atom stereocenters. The molecule has 2 aromatic rings. The second-order valence-corrected chi connectivity index (χ2v) is 8.15. The molecule has 8 heteroatoms. The van der Waals surface area contributed by atoms with Crippen LogP contribution in [0.4, 0.5) is 0 Å². The summed E-state index contributed by atoms with van der Waals surface area (Å²) >= 11 is 1.28. The molecule has 0 saturated carbocycles. The second-order valence-electron chi connectivity index (χ2n) is 4.89. The van der Waals surface area contributed by atoms with E-state index in [9.17, 15) is 13.2 Å². The summed E-state index contributed by atoms with van der Waals surface area (Å²) in [5, 5.41) is 3.42. The van der Waals surface area contributed by atoms with Gasteiger partial charge in [0.05, 0.1) is 17.1 Å². The summed E-state index contributed by atoms with van der Waals surface area (Å²) in [5.41, 5.74) is 1.37. The fourth-order valence-electron chi connectivity index (χ4n) is 1.82. The lowest BCUT2D eigenvalue weighted by Gasteiger charge is -2.03. The predicted molar refractivity (Wildman–Crippen MR) is 86.7 cm³/mol. The largest absolute Gasteiger partial charge is 0.351 e. The molecular formula is C14H17N3O3S2. The molecule has 6 nitrogen and oxygen atoms in total. The van der Waals surface area contributed by atoms with E-state index in [1.54, 1.807) is 13.1 Å². The van der Waals surface area contributed by atoms with Crippen LogP contribution in [0.1, 0.15) is 21.8 Å². The Morgan fingerprint density at radius 3 is 2.77 bits per heavy atom. The van der Waals surface area contributed by atoms with Crippen molar-refractivity contribution in [1.29, 1.82) is 0 Å². The van der Waals surface area contributed by atoms with Gasteiger partial charge in [0.15, 0.2) is 0 Å². The quantitative estimate of drug-likeness (QED) is 0.809. The lowest BCUT2D eigenvalue weighted by molar-refractivity contribution is 0.0957. The van der Waals surface area contributed by atoms with Gasteiger partial charge >= 0.3 is 0 Å². The summed E-state index contributed by atoms with van der Waals surface area (Å²) in [4.78, 5) is 21.2. The normalized spacial score (nSPS) is 11.4. The van der Waals surface area contributed by atoms with Gasteiger partial charge in [0.25, 0.3) is 5.91 Å². The van der Waals surface area contributed by atoms with E-state index in [2.05, 4.69) is 15.3 Å². The van der Waals surface area contributed by atoms with Gasteiger partial charge in [0, 0.05) is 19.0 Å². The number of nitrogens with one attached hydrogen (secondary N) is 1. The molecule has 2 rings (SSSR count).